The second kappa shape index (κ2) is 6.78. The number of hydrogen-bond donors (Lipinski definition) is 2. The average Bonchev–Trinajstić information content (AvgIpc) is 2.23. The number of ether oxygens (including phenoxy) is 2. The second-order valence-corrected chi connectivity index (χ2v) is 3.02. The third-order valence-electron chi connectivity index (χ3n) is 1.70. The Morgan fingerprint density at radius 1 is 1.38 bits per heavy atom. The minimum absolute atomic E-state index is 0.592. The maximum Gasteiger partial charge on any atom is 0.330 e. The van der Waals surface area contributed by atoms with Crippen molar-refractivity contribution in [1.82, 2.24) is 5.32 Å². The first-order valence-electron chi connectivity index (χ1n) is 4.58. The number of carbonyl (C=O) groups excluding carboxylic acids is 3. The number of nitrogens with one attached hydrogen (secondary N) is 1. The van der Waals surface area contributed by atoms with Gasteiger partial charge in [-0.25, -0.2) is 4.79 Å². The van der Waals surface area contributed by atoms with Crippen molar-refractivity contribution >= 4 is 17.8 Å². The van der Waals surface area contributed by atoms with Crippen LogP contribution in [0.4, 0.5) is 0 Å². The van der Waals surface area contributed by atoms with E-state index in [0.29, 0.717) is 0 Å². The van der Waals surface area contributed by atoms with Crippen LogP contribution in [0.3, 0.4) is 0 Å². The van der Waals surface area contributed by atoms with E-state index in [0.717, 1.165) is 14.0 Å². The molecule has 0 aliphatic heterocycles. The van der Waals surface area contributed by atoms with Gasteiger partial charge < -0.3 is 19.9 Å². The van der Waals surface area contributed by atoms with E-state index in [-0.39, 0.29) is 0 Å². The lowest BCUT2D eigenvalue weighted by atomic mass is 10.3. The number of aliphatic hydroxyl groups is 1. The lowest BCUT2D eigenvalue weighted by molar-refractivity contribution is -0.154. The zero-order chi connectivity index (χ0) is 12.7. The van der Waals surface area contributed by atoms with Crippen molar-refractivity contribution in [2.45, 2.75) is 26.0 Å². The molecule has 0 fully saturated rings. The Bertz CT molecular complexity index is 277. The molecule has 0 saturated heterocycles. The second-order valence-electron chi connectivity index (χ2n) is 3.02. The minimum atomic E-state index is -1.16. The molecular formula is C9H15NO6. The fourth-order valence-corrected chi connectivity index (χ4v) is 0.913. The van der Waals surface area contributed by atoms with Gasteiger partial charge in [0.2, 0.25) is 0 Å². The molecule has 2 atom stereocenters. The molecule has 92 valence electrons. The van der Waals surface area contributed by atoms with Gasteiger partial charge in [0.25, 0.3) is 5.91 Å². The van der Waals surface area contributed by atoms with Crippen LogP contribution in [-0.4, -0.2) is 48.8 Å². The monoisotopic (exact) mass is 233 g/mol. The van der Waals surface area contributed by atoms with Crippen LogP contribution < -0.4 is 5.32 Å². The van der Waals surface area contributed by atoms with Crippen molar-refractivity contribution in [2.24, 2.45) is 0 Å². The van der Waals surface area contributed by atoms with Crippen molar-refractivity contribution in [3.8, 4) is 0 Å². The Labute approximate surface area is 92.7 Å². The summed E-state index contributed by atoms with van der Waals surface area (Å²) in [7, 11) is 1.13. The minimum Gasteiger partial charge on any atom is -0.467 e. The Morgan fingerprint density at radius 2 is 1.94 bits per heavy atom. The van der Waals surface area contributed by atoms with Gasteiger partial charge in [0, 0.05) is 6.92 Å². The highest BCUT2D eigenvalue weighted by atomic mass is 16.5. The summed E-state index contributed by atoms with van der Waals surface area (Å²) in [5, 5.41) is 11.0. The van der Waals surface area contributed by atoms with Crippen molar-refractivity contribution in [1.29, 1.82) is 0 Å². The Hall–Kier alpha value is -1.63. The van der Waals surface area contributed by atoms with Crippen LogP contribution in [0.5, 0.6) is 0 Å². The Kier molecular flexibility index (Phi) is 6.09. The van der Waals surface area contributed by atoms with Crippen molar-refractivity contribution < 1.29 is 29.0 Å². The highest BCUT2D eigenvalue weighted by molar-refractivity contribution is 5.87. The number of hydrogen-bond acceptors (Lipinski definition) is 6. The molecule has 0 aliphatic carbocycles. The Balaban J connectivity index is 4.29. The van der Waals surface area contributed by atoms with Crippen LogP contribution in [0, 0.1) is 0 Å². The first-order valence-corrected chi connectivity index (χ1v) is 4.58. The number of esters is 2. The summed E-state index contributed by atoms with van der Waals surface area (Å²) in [6.45, 7) is 1.92. The van der Waals surface area contributed by atoms with E-state index in [9.17, 15) is 14.4 Å². The molecule has 7 heteroatoms. The predicted octanol–water partition coefficient (Wildman–Crippen LogP) is -1.41. The van der Waals surface area contributed by atoms with E-state index in [1.165, 1.54) is 6.92 Å². The summed E-state index contributed by atoms with van der Waals surface area (Å²) in [5.74, 6) is -2.06. The quantitative estimate of drug-likeness (QED) is 0.565. The lowest BCUT2D eigenvalue weighted by Crippen LogP contribution is -2.48. The first-order chi connectivity index (χ1) is 7.42. The van der Waals surface area contributed by atoms with E-state index in [1.54, 1.807) is 0 Å². The van der Waals surface area contributed by atoms with Gasteiger partial charge in [-0.05, 0) is 6.92 Å². The van der Waals surface area contributed by atoms with Crippen LogP contribution in [0.1, 0.15) is 13.8 Å². The molecular weight excluding hydrogens is 218 g/mol. The van der Waals surface area contributed by atoms with Gasteiger partial charge in [-0.15, -0.1) is 0 Å². The normalized spacial score (nSPS) is 13.5. The van der Waals surface area contributed by atoms with Gasteiger partial charge in [0.1, 0.15) is 0 Å². The highest BCUT2D eigenvalue weighted by Gasteiger charge is 2.24. The first kappa shape index (κ1) is 14.4. The van der Waals surface area contributed by atoms with Crippen molar-refractivity contribution in [3.05, 3.63) is 0 Å². The largest absolute Gasteiger partial charge is 0.467 e. The van der Waals surface area contributed by atoms with E-state index >= 15 is 0 Å². The number of carbonyl (C=O) groups is 3. The van der Waals surface area contributed by atoms with Gasteiger partial charge in [-0.3, -0.25) is 9.59 Å². The number of amides is 1. The Morgan fingerprint density at radius 3 is 2.31 bits per heavy atom. The van der Waals surface area contributed by atoms with Crippen molar-refractivity contribution in [3.63, 3.8) is 0 Å². The zero-order valence-corrected chi connectivity index (χ0v) is 9.35. The van der Waals surface area contributed by atoms with E-state index in [2.05, 4.69) is 14.8 Å². The fourth-order valence-electron chi connectivity index (χ4n) is 0.913. The van der Waals surface area contributed by atoms with E-state index in [1.807, 2.05) is 0 Å². The molecule has 1 amide bonds. The summed E-state index contributed by atoms with van der Waals surface area (Å²) in [5.41, 5.74) is 0. The number of methoxy groups -OCH3 is 1. The summed E-state index contributed by atoms with van der Waals surface area (Å²) >= 11 is 0. The third kappa shape index (κ3) is 4.74. The fraction of sp³-hybridized carbons (Fsp3) is 0.667. The van der Waals surface area contributed by atoms with Gasteiger partial charge in [0.15, 0.2) is 12.1 Å². The molecule has 7 nitrogen and oxygen atoms in total. The average molecular weight is 233 g/mol. The number of rotatable bonds is 5. The van der Waals surface area contributed by atoms with E-state index < -0.39 is 36.6 Å². The molecule has 0 bridgehead atoms. The summed E-state index contributed by atoms with van der Waals surface area (Å²) in [4.78, 5) is 32.9. The van der Waals surface area contributed by atoms with Gasteiger partial charge in [-0.1, -0.05) is 0 Å². The molecule has 16 heavy (non-hydrogen) atoms. The molecule has 0 radical (unpaired) electrons. The standard InChI is InChI=1S/C9H15NO6/c1-5(16-6(2)12)8(13)10-7(4-11)9(14)15-3/h5,7,11H,4H2,1-3H3,(H,10,13)/t5-,7-/m0/s1. The molecule has 0 spiro atoms. The third-order valence-corrected chi connectivity index (χ3v) is 1.70. The molecule has 0 aromatic rings. The maximum atomic E-state index is 11.4. The molecule has 0 saturated carbocycles. The summed E-state index contributed by atoms with van der Waals surface area (Å²) in [6.07, 6.45) is -1.03. The highest BCUT2D eigenvalue weighted by Crippen LogP contribution is 1.94. The molecule has 0 aromatic heterocycles. The molecule has 0 unspecified atom stereocenters. The SMILES string of the molecule is COC(=O)[C@H](CO)NC(=O)[C@H](C)OC(C)=O. The van der Waals surface area contributed by atoms with Crippen LogP contribution in [0.15, 0.2) is 0 Å². The van der Waals surface area contributed by atoms with Gasteiger partial charge in [-0.2, -0.15) is 0 Å². The van der Waals surface area contributed by atoms with Crippen LogP contribution in [0.25, 0.3) is 0 Å². The van der Waals surface area contributed by atoms with Crippen molar-refractivity contribution in [2.75, 3.05) is 13.7 Å². The summed E-state index contributed by atoms with van der Waals surface area (Å²) < 4.78 is 8.93. The van der Waals surface area contributed by atoms with Crippen LogP contribution in [0.2, 0.25) is 0 Å². The molecule has 0 rings (SSSR count). The maximum absolute atomic E-state index is 11.4. The van der Waals surface area contributed by atoms with Gasteiger partial charge in [0.05, 0.1) is 13.7 Å². The van der Waals surface area contributed by atoms with Crippen LogP contribution >= 0.6 is 0 Å². The molecule has 0 aliphatic rings. The zero-order valence-electron chi connectivity index (χ0n) is 9.35. The summed E-state index contributed by atoms with van der Waals surface area (Å²) in [6, 6.07) is -1.16. The smallest absolute Gasteiger partial charge is 0.330 e. The number of aliphatic hydroxyl groups excluding tert-OH is 1. The molecule has 0 aromatic carbocycles. The molecule has 0 heterocycles. The predicted molar refractivity (Wildman–Crippen MR) is 52.3 cm³/mol. The van der Waals surface area contributed by atoms with E-state index in [4.69, 9.17) is 5.11 Å². The lowest BCUT2D eigenvalue weighted by Gasteiger charge is -2.17. The van der Waals surface area contributed by atoms with Gasteiger partial charge >= 0.3 is 11.9 Å². The topological polar surface area (TPSA) is 102 Å². The molecule has 2 N–H and O–H groups in total. The van der Waals surface area contributed by atoms with Crippen LogP contribution in [-0.2, 0) is 23.9 Å².